The molecule has 0 radical (unpaired) electrons. The van der Waals surface area contributed by atoms with Gasteiger partial charge in [0.05, 0.1) is 25.0 Å². The SMILES string of the molecule is COC(=O)Cc1cc(=O)[nH]c(SCC(=O)N2CCc3ccccc3C2)n1. The van der Waals surface area contributed by atoms with Crippen LogP contribution in [0.15, 0.2) is 40.3 Å². The molecule has 1 aliphatic heterocycles. The predicted molar refractivity (Wildman–Crippen MR) is 96.9 cm³/mol. The van der Waals surface area contributed by atoms with Gasteiger partial charge in [-0.3, -0.25) is 14.4 Å². The van der Waals surface area contributed by atoms with Crippen molar-refractivity contribution in [3.8, 4) is 0 Å². The molecule has 0 spiro atoms. The number of benzene rings is 1. The highest BCUT2D eigenvalue weighted by molar-refractivity contribution is 7.99. The molecule has 0 bridgehead atoms. The lowest BCUT2D eigenvalue weighted by Gasteiger charge is -2.28. The number of nitrogens with zero attached hydrogens (tertiary/aromatic N) is 2. The van der Waals surface area contributed by atoms with Gasteiger partial charge < -0.3 is 14.6 Å². The summed E-state index contributed by atoms with van der Waals surface area (Å²) in [6, 6.07) is 9.37. The molecule has 0 fully saturated rings. The summed E-state index contributed by atoms with van der Waals surface area (Å²) in [5, 5.41) is 0.321. The molecule has 2 aromatic rings. The molecule has 1 aromatic heterocycles. The Morgan fingerprint density at radius 3 is 2.85 bits per heavy atom. The summed E-state index contributed by atoms with van der Waals surface area (Å²) in [7, 11) is 1.28. The molecular weight excluding hydrogens is 354 g/mol. The van der Waals surface area contributed by atoms with E-state index in [0.717, 1.165) is 18.2 Å². The van der Waals surface area contributed by atoms with E-state index in [1.54, 1.807) is 0 Å². The molecule has 0 unspecified atom stereocenters. The van der Waals surface area contributed by atoms with Gasteiger partial charge in [0.15, 0.2) is 5.16 Å². The van der Waals surface area contributed by atoms with Gasteiger partial charge in [0.1, 0.15) is 0 Å². The number of H-pyrrole nitrogens is 1. The average Bonchev–Trinajstić information content (AvgIpc) is 2.65. The first-order valence-electron chi connectivity index (χ1n) is 8.19. The minimum atomic E-state index is -0.470. The van der Waals surface area contributed by atoms with Crippen molar-refractivity contribution in [1.82, 2.24) is 14.9 Å². The first-order valence-corrected chi connectivity index (χ1v) is 9.18. The maximum atomic E-state index is 12.5. The molecule has 1 N–H and O–H groups in total. The Morgan fingerprint density at radius 1 is 1.31 bits per heavy atom. The van der Waals surface area contributed by atoms with E-state index < -0.39 is 5.97 Å². The van der Waals surface area contributed by atoms with Crippen LogP contribution in [-0.4, -0.2) is 46.2 Å². The van der Waals surface area contributed by atoms with Crippen molar-refractivity contribution in [3.63, 3.8) is 0 Å². The fourth-order valence-corrected chi connectivity index (χ4v) is 3.59. The van der Waals surface area contributed by atoms with E-state index >= 15 is 0 Å². The second-order valence-corrected chi connectivity index (χ2v) is 6.88. The molecule has 1 aliphatic rings. The zero-order chi connectivity index (χ0) is 18.5. The quantitative estimate of drug-likeness (QED) is 0.480. The molecule has 26 heavy (non-hydrogen) atoms. The van der Waals surface area contributed by atoms with Gasteiger partial charge in [0, 0.05) is 19.2 Å². The number of aromatic amines is 1. The van der Waals surface area contributed by atoms with Crippen LogP contribution in [0.2, 0.25) is 0 Å². The molecule has 0 atom stereocenters. The Hall–Kier alpha value is -2.61. The number of fused-ring (bicyclic) bond motifs is 1. The summed E-state index contributed by atoms with van der Waals surface area (Å²) in [5.41, 5.74) is 2.41. The highest BCUT2D eigenvalue weighted by Crippen LogP contribution is 2.20. The fraction of sp³-hybridized carbons (Fsp3) is 0.333. The molecule has 1 aromatic carbocycles. The molecule has 8 heteroatoms. The highest BCUT2D eigenvalue weighted by Gasteiger charge is 2.20. The van der Waals surface area contributed by atoms with Gasteiger partial charge in [-0.2, -0.15) is 0 Å². The topological polar surface area (TPSA) is 92.4 Å². The maximum absolute atomic E-state index is 12.5. The molecule has 0 aliphatic carbocycles. The lowest BCUT2D eigenvalue weighted by molar-refractivity contribution is -0.139. The van der Waals surface area contributed by atoms with E-state index in [9.17, 15) is 14.4 Å². The standard InChI is InChI=1S/C18H19N3O4S/c1-25-17(24)9-14-8-15(22)20-18(19-14)26-11-16(23)21-7-6-12-4-2-3-5-13(12)10-21/h2-5,8H,6-7,9-11H2,1H3,(H,19,20,22). The van der Waals surface area contributed by atoms with Gasteiger partial charge in [-0.25, -0.2) is 4.98 Å². The Morgan fingerprint density at radius 2 is 2.08 bits per heavy atom. The first kappa shape index (κ1) is 18.2. The van der Waals surface area contributed by atoms with E-state index in [1.165, 1.54) is 24.3 Å². The number of rotatable bonds is 5. The molecule has 1 amide bonds. The third kappa shape index (κ3) is 4.51. The second-order valence-electron chi connectivity index (χ2n) is 5.92. The van der Waals surface area contributed by atoms with Gasteiger partial charge >= 0.3 is 5.97 Å². The normalized spacial score (nSPS) is 13.2. The van der Waals surface area contributed by atoms with Gasteiger partial charge in [-0.15, -0.1) is 0 Å². The zero-order valence-electron chi connectivity index (χ0n) is 14.4. The minimum Gasteiger partial charge on any atom is -0.469 e. The number of ether oxygens (including phenoxy) is 1. The first-order chi connectivity index (χ1) is 12.5. The lowest BCUT2D eigenvalue weighted by Crippen LogP contribution is -2.37. The van der Waals surface area contributed by atoms with Crippen LogP contribution >= 0.6 is 11.8 Å². The smallest absolute Gasteiger partial charge is 0.311 e. The minimum absolute atomic E-state index is 0.00877. The van der Waals surface area contributed by atoms with Crippen molar-refractivity contribution in [2.45, 2.75) is 24.5 Å². The number of hydrogen-bond acceptors (Lipinski definition) is 6. The molecule has 0 saturated carbocycles. The Labute approximate surface area is 154 Å². The number of nitrogens with one attached hydrogen (secondary N) is 1. The molecule has 7 nitrogen and oxygen atoms in total. The number of carbonyl (C=O) groups excluding carboxylic acids is 2. The van der Waals surface area contributed by atoms with Crippen molar-refractivity contribution >= 4 is 23.6 Å². The number of amides is 1. The van der Waals surface area contributed by atoms with E-state index in [2.05, 4.69) is 20.8 Å². The monoisotopic (exact) mass is 373 g/mol. The summed E-state index contributed by atoms with van der Waals surface area (Å²) in [6.07, 6.45) is 0.765. The number of aromatic nitrogens is 2. The summed E-state index contributed by atoms with van der Waals surface area (Å²) < 4.78 is 4.58. The van der Waals surface area contributed by atoms with E-state index in [0.29, 0.717) is 23.9 Å². The van der Waals surface area contributed by atoms with Gasteiger partial charge in [-0.05, 0) is 17.5 Å². The summed E-state index contributed by atoms with van der Waals surface area (Å²) >= 11 is 1.16. The van der Waals surface area contributed by atoms with E-state index in [-0.39, 0.29) is 23.6 Å². The van der Waals surface area contributed by atoms with Crippen molar-refractivity contribution in [3.05, 3.63) is 57.5 Å². The largest absolute Gasteiger partial charge is 0.469 e. The van der Waals surface area contributed by atoms with Gasteiger partial charge in [-0.1, -0.05) is 36.0 Å². The maximum Gasteiger partial charge on any atom is 0.311 e. The Bertz CT molecular complexity index is 881. The van der Waals surface area contributed by atoms with E-state index in [4.69, 9.17) is 0 Å². The van der Waals surface area contributed by atoms with Crippen LogP contribution in [0.5, 0.6) is 0 Å². The molecule has 0 saturated heterocycles. The fourth-order valence-electron chi connectivity index (χ4n) is 2.79. The summed E-state index contributed by atoms with van der Waals surface area (Å²) in [4.78, 5) is 44.1. The van der Waals surface area contributed by atoms with Crippen LogP contribution in [-0.2, 0) is 33.7 Å². The van der Waals surface area contributed by atoms with Crippen LogP contribution in [0, 0.1) is 0 Å². The van der Waals surface area contributed by atoms with Crippen LogP contribution in [0.3, 0.4) is 0 Å². The lowest BCUT2D eigenvalue weighted by atomic mass is 10.00. The highest BCUT2D eigenvalue weighted by atomic mass is 32.2. The van der Waals surface area contributed by atoms with Crippen LogP contribution in [0.1, 0.15) is 16.8 Å². The number of thioether (sulfide) groups is 1. The Kier molecular flexibility index (Phi) is 5.72. The van der Waals surface area contributed by atoms with Gasteiger partial charge in [0.25, 0.3) is 5.56 Å². The number of carbonyl (C=O) groups is 2. The second kappa shape index (κ2) is 8.18. The molecule has 136 valence electrons. The van der Waals surface area contributed by atoms with Gasteiger partial charge in [0.2, 0.25) is 5.91 Å². The number of esters is 1. The van der Waals surface area contributed by atoms with Crippen LogP contribution in [0.25, 0.3) is 0 Å². The molecule has 3 rings (SSSR count). The number of methoxy groups -OCH3 is 1. The molecular formula is C18H19N3O4S. The zero-order valence-corrected chi connectivity index (χ0v) is 15.2. The van der Waals surface area contributed by atoms with Crippen LogP contribution < -0.4 is 5.56 Å². The van der Waals surface area contributed by atoms with Crippen LogP contribution in [0.4, 0.5) is 0 Å². The van der Waals surface area contributed by atoms with Crippen molar-refractivity contribution in [1.29, 1.82) is 0 Å². The molecule has 2 heterocycles. The summed E-state index contributed by atoms with van der Waals surface area (Å²) in [5.74, 6) is -0.306. The number of hydrogen-bond donors (Lipinski definition) is 1. The Balaban J connectivity index is 1.61. The predicted octanol–water partition coefficient (Wildman–Crippen LogP) is 1.16. The third-order valence-corrected chi connectivity index (χ3v) is 5.00. The van der Waals surface area contributed by atoms with Crippen molar-refractivity contribution in [2.24, 2.45) is 0 Å². The summed E-state index contributed by atoms with van der Waals surface area (Å²) in [6.45, 7) is 1.28. The van der Waals surface area contributed by atoms with Crippen molar-refractivity contribution < 1.29 is 14.3 Å². The van der Waals surface area contributed by atoms with E-state index in [1.807, 2.05) is 23.1 Å². The van der Waals surface area contributed by atoms with Crippen molar-refractivity contribution in [2.75, 3.05) is 19.4 Å². The third-order valence-electron chi connectivity index (χ3n) is 4.14. The average molecular weight is 373 g/mol.